The Kier molecular flexibility index (Phi) is 1.14. The van der Waals surface area contributed by atoms with Crippen LogP contribution in [0.5, 0.6) is 0 Å². The van der Waals surface area contributed by atoms with Gasteiger partial charge in [0, 0.05) is 25.4 Å². The van der Waals surface area contributed by atoms with Crippen LogP contribution in [-0.4, -0.2) is 31.5 Å². The zero-order valence-electron chi connectivity index (χ0n) is 5.89. The molecule has 0 atom stereocenters. The minimum absolute atomic E-state index is 0.699. The molecule has 0 fully saturated rings. The van der Waals surface area contributed by atoms with E-state index in [9.17, 15) is 0 Å². The zero-order valence-corrected chi connectivity index (χ0v) is 5.89. The van der Waals surface area contributed by atoms with Crippen LogP contribution in [-0.2, 0) is 0 Å². The summed E-state index contributed by atoms with van der Waals surface area (Å²) in [6.07, 6.45) is 1.92. The SMILES string of the molecule is CN1NCC2=C1NCN=C2. The van der Waals surface area contributed by atoms with Crippen molar-refractivity contribution in [3.8, 4) is 0 Å². The minimum atomic E-state index is 0.699. The monoisotopic (exact) mass is 138 g/mol. The van der Waals surface area contributed by atoms with Gasteiger partial charge in [0.15, 0.2) is 0 Å². The zero-order chi connectivity index (χ0) is 6.97. The summed E-state index contributed by atoms with van der Waals surface area (Å²) in [5, 5.41) is 5.16. The van der Waals surface area contributed by atoms with Gasteiger partial charge >= 0.3 is 0 Å². The lowest BCUT2D eigenvalue weighted by Crippen LogP contribution is -2.33. The van der Waals surface area contributed by atoms with E-state index >= 15 is 0 Å². The Morgan fingerprint density at radius 2 is 2.60 bits per heavy atom. The highest BCUT2D eigenvalue weighted by Gasteiger charge is 2.18. The third kappa shape index (κ3) is 0.690. The molecule has 2 heterocycles. The van der Waals surface area contributed by atoms with E-state index < -0.39 is 0 Å². The Bertz CT molecular complexity index is 206. The van der Waals surface area contributed by atoms with Gasteiger partial charge in [-0.15, -0.1) is 0 Å². The number of hydrazine groups is 1. The molecule has 54 valence electrons. The van der Waals surface area contributed by atoms with Gasteiger partial charge < -0.3 is 5.32 Å². The van der Waals surface area contributed by atoms with Gasteiger partial charge in [-0.2, -0.15) is 0 Å². The van der Waals surface area contributed by atoms with Crippen LogP contribution in [0.4, 0.5) is 0 Å². The molecule has 4 heteroatoms. The van der Waals surface area contributed by atoms with Crippen molar-refractivity contribution < 1.29 is 0 Å². The van der Waals surface area contributed by atoms with Gasteiger partial charge in [0.2, 0.25) is 0 Å². The first-order chi connectivity index (χ1) is 4.88. The predicted molar refractivity (Wildman–Crippen MR) is 39.3 cm³/mol. The second-order valence-corrected chi connectivity index (χ2v) is 2.41. The van der Waals surface area contributed by atoms with Crippen LogP contribution in [0, 0.1) is 0 Å². The second kappa shape index (κ2) is 1.98. The quantitative estimate of drug-likeness (QED) is 0.464. The Morgan fingerprint density at radius 3 is 3.40 bits per heavy atom. The predicted octanol–water partition coefficient (Wildman–Crippen LogP) is -0.721. The molecule has 0 amide bonds. The van der Waals surface area contributed by atoms with E-state index in [1.54, 1.807) is 0 Å². The summed E-state index contributed by atoms with van der Waals surface area (Å²) in [6, 6.07) is 0. The molecular weight excluding hydrogens is 128 g/mol. The topological polar surface area (TPSA) is 39.7 Å². The van der Waals surface area contributed by atoms with Crippen molar-refractivity contribution in [1.29, 1.82) is 0 Å². The molecule has 0 aromatic heterocycles. The Hall–Kier alpha value is -1.03. The lowest BCUT2D eigenvalue weighted by Gasteiger charge is -2.18. The van der Waals surface area contributed by atoms with Crippen molar-refractivity contribution in [2.75, 3.05) is 20.3 Å². The molecule has 2 aliphatic heterocycles. The van der Waals surface area contributed by atoms with E-state index in [0.717, 1.165) is 12.4 Å². The normalized spacial score (nSPS) is 23.1. The fourth-order valence-electron chi connectivity index (χ4n) is 1.20. The van der Waals surface area contributed by atoms with E-state index in [1.807, 2.05) is 18.3 Å². The third-order valence-corrected chi connectivity index (χ3v) is 1.73. The molecular formula is C6H10N4. The molecule has 0 bridgehead atoms. The molecule has 0 aromatic carbocycles. The van der Waals surface area contributed by atoms with E-state index in [4.69, 9.17) is 0 Å². The highest BCUT2D eigenvalue weighted by atomic mass is 15.6. The Labute approximate surface area is 59.6 Å². The molecule has 2 rings (SSSR count). The van der Waals surface area contributed by atoms with Crippen LogP contribution in [0.15, 0.2) is 16.4 Å². The maximum absolute atomic E-state index is 4.09. The molecule has 0 spiro atoms. The molecule has 0 unspecified atom stereocenters. The summed E-state index contributed by atoms with van der Waals surface area (Å²) in [5.74, 6) is 1.16. The first kappa shape index (κ1) is 5.73. The Balaban J connectivity index is 2.29. The summed E-state index contributed by atoms with van der Waals surface area (Å²) >= 11 is 0. The summed E-state index contributed by atoms with van der Waals surface area (Å²) in [5.41, 5.74) is 4.41. The number of nitrogens with one attached hydrogen (secondary N) is 2. The summed E-state index contributed by atoms with van der Waals surface area (Å²) in [7, 11) is 1.99. The van der Waals surface area contributed by atoms with E-state index in [2.05, 4.69) is 15.7 Å². The first-order valence-electron chi connectivity index (χ1n) is 3.32. The standard InChI is InChI=1S/C6H10N4/c1-10-6-5(3-9-10)2-7-4-8-6/h2,8-9H,3-4H2,1H3. The molecule has 0 radical (unpaired) electrons. The second-order valence-electron chi connectivity index (χ2n) is 2.41. The van der Waals surface area contributed by atoms with Gasteiger partial charge in [-0.25, -0.2) is 5.43 Å². The molecule has 2 aliphatic rings. The van der Waals surface area contributed by atoms with Gasteiger partial charge in [0.25, 0.3) is 0 Å². The van der Waals surface area contributed by atoms with Crippen molar-refractivity contribution in [3.05, 3.63) is 11.4 Å². The molecule has 2 N–H and O–H groups in total. The average molecular weight is 138 g/mol. The van der Waals surface area contributed by atoms with Gasteiger partial charge in [-0.1, -0.05) is 0 Å². The molecule has 4 nitrogen and oxygen atoms in total. The van der Waals surface area contributed by atoms with Crippen LogP contribution < -0.4 is 10.7 Å². The van der Waals surface area contributed by atoms with Crippen molar-refractivity contribution in [2.24, 2.45) is 4.99 Å². The highest BCUT2D eigenvalue weighted by molar-refractivity contribution is 5.81. The summed E-state index contributed by atoms with van der Waals surface area (Å²) in [6.45, 7) is 1.59. The molecule has 0 aromatic rings. The van der Waals surface area contributed by atoms with Crippen LogP contribution >= 0.6 is 0 Å². The average Bonchev–Trinajstić information content (AvgIpc) is 2.34. The fraction of sp³-hybridized carbons (Fsp3) is 0.500. The number of rotatable bonds is 0. The van der Waals surface area contributed by atoms with Gasteiger partial charge in [-0.3, -0.25) is 10.0 Å². The maximum atomic E-state index is 4.09. The molecule has 0 saturated carbocycles. The minimum Gasteiger partial charge on any atom is -0.351 e. The Morgan fingerprint density at radius 1 is 1.70 bits per heavy atom. The van der Waals surface area contributed by atoms with Crippen molar-refractivity contribution in [2.45, 2.75) is 0 Å². The van der Waals surface area contributed by atoms with E-state index in [-0.39, 0.29) is 0 Å². The maximum Gasteiger partial charge on any atom is 0.123 e. The number of hydrogen-bond acceptors (Lipinski definition) is 4. The van der Waals surface area contributed by atoms with E-state index in [1.165, 1.54) is 5.57 Å². The van der Waals surface area contributed by atoms with Crippen molar-refractivity contribution >= 4 is 6.21 Å². The van der Waals surface area contributed by atoms with Gasteiger partial charge in [-0.05, 0) is 0 Å². The van der Waals surface area contributed by atoms with Crippen LogP contribution in [0.25, 0.3) is 0 Å². The number of nitrogens with zero attached hydrogens (tertiary/aromatic N) is 2. The lowest BCUT2D eigenvalue weighted by molar-refractivity contribution is 0.323. The van der Waals surface area contributed by atoms with Gasteiger partial charge in [0.1, 0.15) is 12.5 Å². The highest BCUT2D eigenvalue weighted by Crippen LogP contribution is 2.10. The van der Waals surface area contributed by atoms with Crippen LogP contribution in [0.3, 0.4) is 0 Å². The first-order valence-corrected chi connectivity index (χ1v) is 3.32. The van der Waals surface area contributed by atoms with Crippen LogP contribution in [0.2, 0.25) is 0 Å². The van der Waals surface area contributed by atoms with Gasteiger partial charge in [0.05, 0.1) is 0 Å². The lowest BCUT2D eigenvalue weighted by atomic mass is 10.3. The third-order valence-electron chi connectivity index (χ3n) is 1.73. The summed E-state index contributed by atoms with van der Waals surface area (Å²) < 4.78 is 0. The number of aliphatic imine (C=N–C) groups is 1. The van der Waals surface area contributed by atoms with Crippen LogP contribution in [0.1, 0.15) is 0 Å². The molecule has 10 heavy (non-hydrogen) atoms. The molecule has 0 saturated heterocycles. The summed E-state index contributed by atoms with van der Waals surface area (Å²) in [4.78, 5) is 4.09. The number of hydrogen-bond donors (Lipinski definition) is 2. The van der Waals surface area contributed by atoms with Crippen molar-refractivity contribution in [1.82, 2.24) is 15.8 Å². The van der Waals surface area contributed by atoms with E-state index in [0.29, 0.717) is 6.67 Å². The molecule has 0 aliphatic carbocycles. The fourth-order valence-corrected chi connectivity index (χ4v) is 1.20. The smallest absolute Gasteiger partial charge is 0.123 e. The van der Waals surface area contributed by atoms with Crippen molar-refractivity contribution in [3.63, 3.8) is 0 Å². The largest absolute Gasteiger partial charge is 0.351 e.